The number of hydrogen-bond acceptors (Lipinski definition) is 5. The van der Waals surface area contributed by atoms with Gasteiger partial charge in [0.15, 0.2) is 0 Å². The number of rotatable bonds is 6. The van der Waals surface area contributed by atoms with Crippen LogP contribution >= 0.6 is 11.9 Å². The summed E-state index contributed by atoms with van der Waals surface area (Å²) in [7, 11) is 0. The first kappa shape index (κ1) is 22.0. The molecule has 33 heavy (non-hydrogen) atoms. The van der Waals surface area contributed by atoms with E-state index in [2.05, 4.69) is 67.4 Å². The molecule has 1 amide bonds. The molecule has 3 N–H and O–H groups in total. The number of benzene rings is 2. The van der Waals surface area contributed by atoms with Gasteiger partial charge in [0.05, 0.1) is 24.3 Å². The van der Waals surface area contributed by atoms with Crippen molar-refractivity contribution in [3.05, 3.63) is 72.3 Å². The van der Waals surface area contributed by atoms with E-state index in [-0.39, 0.29) is 17.9 Å². The minimum absolute atomic E-state index is 0.143. The molecular weight excluding hydrogens is 430 g/mol. The Balaban J connectivity index is 1.37. The summed E-state index contributed by atoms with van der Waals surface area (Å²) in [6, 6.07) is 17.2. The standard InChI is InChI=1S/C26H31N5OS/c32-26(20-9-5-2-6-10-20)29-21-11-12-25-24(14-21)31(17-23-15-27-18-28-23)16-22(30-33-25)13-19-7-3-1-4-8-19/h1,3-4,7-8,11-12,14-15,18,20,22,30H,2,5-6,9-10,13,16-17H2,(H,27,28)(H,29,32). The maximum Gasteiger partial charge on any atom is 0.227 e. The van der Waals surface area contributed by atoms with E-state index in [0.29, 0.717) is 6.54 Å². The maximum absolute atomic E-state index is 12.8. The molecule has 172 valence electrons. The zero-order valence-electron chi connectivity index (χ0n) is 18.8. The number of fused-ring (bicyclic) bond motifs is 1. The molecule has 2 aliphatic rings. The zero-order valence-corrected chi connectivity index (χ0v) is 19.6. The van der Waals surface area contributed by atoms with Gasteiger partial charge in [-0.2, -0.15) is 0 Å². The van der Waals surface area contributed by atoms with Crippen LogP contribution in [0.5, 0.6) is 0 Å². The number of aromatic nitrogens is 2. The smallest absolute Gasteiger partial charge is 0.227 e. The van der Waals surface area contributed by atoms with Gasteiger partial charge in [-0.3, -0.25) is 9.52 Å². The molecule has 6 nitrogen and oxygen atoms in total. The fourth-order valence-corrected chi connectivity index (χ4v) is 5.69. The van der Waals surface area contributed by atoms with Gasteiger partial charge >= 0.3 is 0 Å². The SMILES string of the molecule is O=C(Nc1ccc2c(c1)N(Cc1c[nH]cn1)CC(Cc1ccccc1)NS2)C1CCCCC1. The summed E-state index contributed by atoms with van der Waals surface area (Å²) in [5.41, 5.74) is 4.33. The van der Waals surface area contributed by atoms with Gasteiger partial charge in [-0.25, -0.2) is 4.98 Å². The fraction of sp³-hybridized carbons (Fsp3) is 0.385. The highest BCUT2D eigenvalue weighted by molar-refractivity contribution is 7.97. The molecule has 2 heterocycles. The first-order valence-electron chi connectivity index (χ1n) is 11.9. The lowest BCUT2D eigenvalue weighted by Crippen LogP contribution is -2.38. The number of H-pyrrole nitrogens is 1. The Morgan fingerprint density at radius 2 is 1.97 bits per heavy atom. The second-order valence-electron chi connectivity index (χ2n) is 9.05. The summed E-state index contributed by atoms with van der Waals surface area (Å²) in [5.74, 6) is 0.305. The van der Waals surface area contributed by atoms with Crippen LogP contribution in [0.2, 0.25) is 0 Å². The Morgan fingerprint density at radius 1 is 1.12 bits per heavy atom. The van der Waals surface area contributed by atoms with Gasteiger partial charge in [0.2, 0.25) is 5.91 Å². The molecule has 0 spiro atoms. The van der Waals surface area contributed by atoms with Crippen LogP contribution in [0, 0.1) is 5.92 Å². The Labute approximate surface area is 199 Å². The molecule has 1 aliphatic heterocycles. The zero-order chi connectivity index (χ0) is 22.5. The van der Waals surface area contributed by atoms with Gasteiger partial charge in [-0.1, -0.05) is 49.6 Å². The number of nitrogens with one attached hydrogen (secondary N) is 3. The quantitative estimate of drug-likeness (QED) is 0.443. The third-order valence-electron chi connectivity index (χ3n) is 6.55. The van der Waals surface area contributed by atoms with Crippen LogP contribution in [0.25, 0.3) is 0 Å². The predicted molar refractivity (Wildman–Crippen MR) is 134 cm³/mol. The molecule has 3 aromatic rings. The largest absolute Gasteiger partial charge is 0.363 e. The number of hydrogen-bond donors (Lipinski definition) is 3. The van der Waals surface area contributed by atoms with E-state index in [9.17, 15) is 4.79 Å². The minimum atomic E-state index is 0.143. The van der Waals surface area contributed by atoms with Crippen molar-refractivity contribution in [2.45, 2.75) is 56.0 Å². The summed E-state index contributed by atoms with van der Waals surface area (Å²) in [6.07, 6.45) is 10.2. The highest BCUT2D eigenvalue weighted by atomic mass is 32.2. The monoisotopic (exact) mass is 461 g/mol. The topological polar surface area (TPSA) is 73.0 Å². The molecule has 1 aromatic heterocycles. The third-order valence-corrected chi connectivity index (χ3v) is 7.57. The number of nitrogens with zero attached hydrogens (tertiary/aromatic N) is 2. The summed E-state index contributed by atoms with van der Waals surface area (Å²) >= 11 is 1.68. The van der Waals surface area contributed by atoms with Gasteiger partial charge < -0.3 is 15.2 Å². The second-order valence-corrected chi connectivity index (χ2v) is 9.93. The predicted octanol–water partition coefficient (Wildman–Crippen LogP) is 5.16. The molecule has 1 saturated carbocycles. The Morgan fingerprint density at radius 3 is 2.76 bits per heavy atom. The lowest BCUT2D eigenvalue weighted by atomic mass is 9.88. The van der Waals surface area contributed by atoms with Gasteiger partial charge in [0, 0.05) is 35.3 Å². The molecule has 7 heteroatoms. The van der Waals surface area contributed by atoms with Crippen molar-refractivity contribution in [2.24, 2.45) is 5.92 Å². The van der Waals surface area contributed by atoms with Crippen LogP contribution in [-0.4, -0.2) is 28.5 Å². The number of aromatic amines is 1. The van der Waals surface area contributed by atoms with Crippen LogP contribution in [0.1, 0.15) is 43.4 Å². The summed E-state index contributed by atoms with van der Waals surface area (Å²) in [5, 5.41) is 3.20. The number of imidazole rings is 1. The molecule has 5 rings (SSSR count). The molecule has 1 aliphatic carbocycles. The van der Waals surface area contributed by atoms with Crippen molar-refractivity contribution in [3.63, 3.8) is 0 Å². The number of carbonyl (C=O) groups excluding carboxylic acids is 1. The van der Waals surface area contributed by atoms with E-state index in [0.717, 1.165) is 60.6 Å². The molecule has 2 aromatic carbocycles. The Kier molecular flexibility index (Phi) is 6.98. The second kappa shape index (κ2) is 10.4. The lowest BCUT2D eigenvalue weighted by Gasteiger charge is -2.27. The third kappa shape index (κ3) is 5.60. The van der Waals surface area contributed by atoms with Crippen molar-refractivity contribution >= 4 is 29.2 Å². The molecule has 0 radical (unpaired) electrons. The molecule has 1 atom stereocenters. The summed E-state index contributed by atoms with van der Waals surface area (Å²) in [4.78, 5) is 23.9. The lowest BCUT2D eigenvalue weighted by molar-refractivity contribution is -0.120. The van der Waals surface area contributed by atoms with Crippen LogP contribution in [-0.2, 0) is 17.8 Å². The molecule has 1 unspecified atom stereocenters. The van der Waals surface area contributed by atoms with Crippen LogP contribution in [0.4, 0.5) is 11.4 Å². The summed E-state index contributed by atoms with van der Waals surface area (Å²) in [6.45, 7) is 1.56. The molecule has 1 fully saturated rings. The van der Waals surface area contributed by atoms with Crippen LogP contribution < -0.4 is 14.9 Å². The van der Waals surface area contributed by atoms with Crippen molar-refractivity contribution < 1.29 is 4.79 Å². The van der Waals surface area contributed by atoms with Crippen LogP contribution in [0.3, 0.4) is 0 Å². The first-order chi connectivity index (χ1) is 16.2. The van der Waals surface area contributed by atoms with Crippen LogP contribution in [0.15, 0.2) is 66.0 Å². The van der Waals surface area contributed by atoms with Gasteiger partial charge in [-0.05, 0) is 55.0 Å². The van der Waals surface area contributed by atoms with Crippen molar-refractivity contribution in [1.29, 1.82) is 0 Å². The van der Waals surface area contributed by atoms with E-state index in [1.807, 2.05) is 12.3 Å². The van der Waals surface area contributed by atoms with E-state index in [1.54, 1.807) is 18.3 Å². The minimum Gasteiger partial charge on any atom is -0.363 e. The van der Waals surface area contributed by atoms with E-state index < -0.39 is 0 Å². The summed E-state index contributed by atoms with van der Waals surface area (Å²) < 4.78 is 3.67. The number of amides is 1. The van der Waals surface area contributed by atoms with E-state index in [1.165, 1.54) is 12.0 Å². The molecule has 0 bridgehead atoms. The number of carbonyl (C=O) groups is 1. The molecular formula is C26H31N5OS. The maximum atomic E-state index is 12.8. The normalized spacial score (nSPS) is 19.0. The Bertz CT molecular complexity index is 1050. The number of anilines is 2. The van der Waals surface area contributed by atoms with E-state index >= 15 is 0 Å². The fourth-order valence-electron chi connectivity index (χ4n) is 4.81. The Hall–Kier alpha value is -2.77. The first-order valence-corrected chi connectivity index (χ1v) is 12.7. The average Bonchev–Trinajstić information content (AvgIpc) is 3.31. The average molecular weight is 462 g/mol. The van der Waals surface area contributed by atoms with Crippen molar-refractivity contribution in [3.8, 4) is 0 Å². The van der Waals surface area contributed by atoms with Crippen molar-refractivity contribution in [1.82, 2.24) is 14.7 Å². The molecule has 0 saturated heterocycles. The highest BCUT2D eigenvalue weighted by Crippen LogP contribution is 2.36. The highest BCUT2D eigenvalue weighted by Gasteiger charge is 2.25. The van der Waals surface area contributed by atoms with Gasteiger partial charge in [-0.15, -0.1) is 0 Å². The van der Waals surface area contributed by atoms with E-state index in [4.69, 9.17) is 0 Å². The van der Waals surface area contributed by atoms with Gasteiger partial charge in [0.1, 0.15) is 0 Å². The van der Waals surface area contributed by atoms with Gasteiger partial charge in [0.25, 0.3) is 0 Å². The van der Waals surface area contributed by atoms with Crippen molar-refractivity contribution in [2.75, 3.05) is 16.8 Å².